The summed E-state index contributed by atoms with van der Waals surface area (Å²) in [5, 5.41) is 0. The second-order valence-corrected chi connectivity index (χ2v) is 5.36. The minimum atomic E-state index is 0.0125. The lowest BCUT2D eigenvalue weighted by atomic mass is 9.75. The molecule has 18 heavy (non-hydrogen) atoms. The maximum absolute atomic E-state index is 3.47. The maximum Gasteiger partial charge on any atom is 0.0155 e. The zero-order valence-corrected chi connectivity index (χ0v) is 11.7. The minimum Gasteiger partial charge on any atom is -0.0622 e. The van der Waals surface area contributed by atoms with Crippen molar-refractivity contribution in [1.29, 1.82) is 0 Å². The van der Waals surface area contributed by atoms with E-state index in [1.807, 2.05) is 0 Å². The van der Waals surface area contributed by atoms with E-state index >= 15 is 0 Å². The van der Waals surface area contributed by atoms with E-state index in [0.717, 1.165) is 6.42 Å². The monoisotopic (exact) mass is 237 g/mol. The largest absolute Gasteiger partial charge is 0.0622 e. The van der Waals surface area contributed by atoms with Crippen LogP contribution in [-0.2, 0) is 11.8 Å². The fourth-order valence-corrected chi connectivity index (χ4v) is 2.65. The first-order valence-corrected chi connectivity index (χ1v) is 6.63. The predicted molar refractivity (Wildman–Crippen MR) is 78.0 cm³/mol. The molecule has 0 atom stereocenters. The Kier molecular flexibility index (Phi) is 3.56. The molecule has 0 saturated heterocycles. The van der Waals surface area contributed by atoms with Crippen LogP contribution in [0.3, 0.4) is 0 Å². The summed E-state index contributed by atoms with van der Waals surface area (Å²) < 4.78 is 0. The van der Waals surface area contributed by atoms with Crippen molar-refractivity contribution in [2.24, 2.45) is 0 Å². The Morgan fingerprint density at radius 3 is 2.33 bits per heavy atom. The molecule has 93 valence electrons. The molecule has 0 N–H and O–H groups in total. The summed E-state index contributed by atoms with van der Waals surface area (Å²) >= 11 is 0. The van der Waals surface area contributed by atoms with Crippen LogP contribution in [0.15, 0.2) is 42.5 Å². The Balaban J connectivity index is 2.58. The van der Waals surface area contributed by atoms with E-state index in [0.29, 0.717) is 0 Å². The van der Waals surface area contributed by atoms with Crippen molar-refractivity contribution in [3.63, 3.8) is 0 Å². The zero-order valence-electron chi connectivity index (χ0n) is 11.7. The molecular weight excluding hydrogens is 216 g/mol. The van der Waals surface area contributed by atoms with Gasteiger partial charge in [-0.1, -0.05) is 63.2 Å². The number of hydrogen-bond donors (Lipinski definition) is 0. The molecule has 0 aliphatic rings. The summed E-state index contributed by atoms with van der Waals surface area (Å²) in [6.45, 7) is 8.98. The summed E-state index contributed by atoms with van der Waals surface area (Å²) in [5.74, 6) is 0. The predicted octanol–water partition coefficient (Wildman–Crippen LogP) is 4.68. The molecule has 1 radical (unpaired) electrons. The third kappa shape index (κ3) is 2.20. The summed E-state index contributed by atoms with van der Waals surface area (Å²) in [5.41, 5.74) is 5.50. The Labute approximate surface area is 111 Å². The van der Waals surface area contributed by atoms with Crippen molar-refractivity contribution in [2.45, 2.75) is 39.5 Å². The standard InChI is InChI=1S/C18H21/c1-5-16-14(2)10-9-13-17(16)18(3,4)15-11-7-6-8-12-15/h6-12H,5H2,1-4H3. The van der Waals surface area contributed by atoms with Gasteiger partial charge in [-0.15, -0.1) is 0 Å². The molecule has 0 nitrogen and oxygen atoms in total. The molecule has 2 rings (SSSR count). The Morgan fingerprint density at radius 2 is 1.72 bits per heavy atom. The lowest BCUT2D eigenvalue weighted by molar-refractivity contribution is 0.630. The maximum atomic E-state index is 3.47. The quantitative estimate of drug-likeness (QED) is 0.727. The van der Waals surface area contributed by atoms with Crippen LogP contribution >= 0.6 is 0 Å². The molecule has 2 aromatic rings. The van der Waals surface area contributed by atoms with Gasteiger partial charge in [-0.25, -0.2) is 0 Å². The van der Waals surface area contributed by atoms with Gasteiger partial charge in [-0.3, -0.25) is 0 Å². The highest BCUT2D eigenvalue weighted by atomic mass is 14.3. The van der Waals surface area contributed by atoms with Crippen LogP contribution in [0, 0.1) is 13.0 Å². The second-order valence-electron chi connectivity index (χ2n) is 5.36. The van der Waals surface area contributed by atoms with E-state index in [1.165, 1.54) is 22.3 Å². The third-order valence-electron chi connectivity index (χ3n) is 3.81. The Bertz CT molecular complexity index is 521. The van der Waals surface area contributed by atoms with Crippen molar-refractivity contribution >= 4 is 0 Å². The number of benzene rings is 2. The molecule has 0 fully saturated rings. The van der Waals surface area contributed by atoms with Crippen LogP contribution in [0.1, 0.15) is 43.0 Å². The third-order valence-corrected chi connectivity index (χ3v) is 3.81. The molecule has 0 spiro atoms. The van der Waals surface area contributed by atoms with Gasteiger partial charge in [0.05, 0.1) is 0 Å². The first-order chi connectivity index (χ1) is 8.57. The summed E-state index contributed by atoms with van der Waals surface area (Å²) in [4.78, 5) is 0. The van der Waals surface area contributed by atoms with E-state index in [9.17, 15) is 0 Å². The molecule has 0 saturated carbocycles. The molecular formula is C18H21. The Hall–Kier alpha value is -1.56. The molecule has 0 unspecified atom stereocenters. The second kappa shape index (κ2) is 4.97. The van der Waals surface area contributed by atoms with E-state index in [4.69, 9.17) is 0 Å². The first kappa shape index (κ1) is 12.9. The molecule has 0 heterocycles. The molecule has 0 aliphatic heterocycles. The van der Waals surface area contributed by atoms with Gasteiger partial charge < -0.3 is 0 Å². The lowest BCUT2D eigenvalue weighted by Crippen LogP contribution is -2.21. The van der Waals surface area contributed by atoms with Crippen molar-refractivity contribution in [1.82, 2.24) is 0 Å². The van der Waals surface area contributed by atoms with Gasteiger partial charge in [0, 0.05) is 5.41 Å². The van der Waals surface area contributed by atoms with Crippen molar-refractivity contribution in [3.05, 3.63) is 70.8 Å². The van der Waals surface area contributed by atoms with Gasteiger partial charge in [-0.05, 0) is 41.7 Å². The number of aryl methyl sites for hydroxylation is 1. The zero-order chi connectivity index (χ0) is 13.2. The molecule has 0 aromatic heterocycles. The fourth-order valence-electron chi connectivity index (χ4n) is 2.65. The van der Waals surface area contributed by atoms with E-state index in [2.05, 4.69) is 76.2 Å². The molecule has 0 amide bonds. The van der Waals surface area contributed by atoms with E-state index < -0.39 is 0 Å². The van der Waals surface area contributed by atoms with Crippen molar-refractivity contribution in [2.75, 3.05) is 0 Å². The smallest absolute Gasteiger partial charge is 0.0155 e. The highest BCUT2D eigenvalue weighted by Gasteiger charge is 2.25. The first-order valence-electron chi connectivity index (χ1n) is 6.63. The number of hydrogen-bond acceptors (Lipinski definition) is 0. The number of rotatable bonds is 3. The van der Waals surface area contributed by atoms with Gasteiger partial charge in [0.1, 0.15) is 0 Å². The highest BCUT2D eigenvalue weighted by molar-refractivity contribution is 5.44. The average molecular weight is 237 g/mol. The fraction of sp³-hybridized carbons (Fsp3) is 0.333. The summed E-state index contributed by atoms with van der Waals surface area (Å²) in [6, 6.07) is 18.4. The van der Waals surface area contributed by atoms with Crippen molar-refractivity contribution < 1.29 is 0 Å². The molecule has 0 heteroatoms. The Morgan fingerprint density at radius 1 is 1.06 bits per heavy atom. The van der Waals surface area contributed by atoms with Crippen LogP contribution in [0.25, 0.3) is 0 Å². The highest BCUT2D eigenvalue weighted by Crippen LogP contribution is 2.34. The SMILES string of the molecule is CCc1c(C(C)(C)c2ccccc2)[c]ccc1C. The molecule has 0 aliphatic carbocycles. The lowest BCUT2D eigenvalue weighted by Gasteiger charge is -2.29. The van der Waals surface area contributed by atoms with Crippen LogP contribution in [0.2, 0.25) is 0 Å². The minimum absolute atomic E-state index is 0.0125. The van der Waals surface area contributed by atoms with Gasteiger partial charge in [0.25, 0.3) is 0 Å². The van der Waals surface area contributed by atoms with Gasteiger partial charge in [0.15, 0.2) is 0 Å². The normalized spacial score (nSPS) is 11.6. The van der Waals surface area contributed by atoms with Crippen LogP contribution < -0.4 is 0 Å². The molecule has 0 bridgehead atoms. The van der Waals surface area contributed by atoms with Crippen molar-refractivity contribution in [3.8, 4) is 0 Å². The molecule has 2 aromatic carbocycles. The average Bonchev–Trinajstić information content (AvgIpc) is 2.39. The van der Waals surface area contributed by atoms with Crippen LogP contribution in [-0.4, -0.2) is 0 Å². The van der Waals surface area contributed by atoms with E-state index in [-0.39, 0.29) is 5.41 Å². The van der Waals surface area contributed by atoms with E-state index in [1.54, 1.807) is 0 Å². The topological polar surface area (TPSA) is 0 Å². The summed E-state index contributed by atoms with van der Waals surface area (Å²) in [7, 11) is 0. The van der Waals surface area contributed by atoms with Crippen LogP contribution in [0.4, 0.5) is 0 Å². The summed E-state index contributed by atoms with van der Waals surface area (Å²) in [6.07, 6.45) is 1.06. The van der Waals surface area contributed by atoms with Gasteiger partial charge in [0.2, 0.25) is 0 Å². The van der Waals surface area contributed by atoms with Crippen LogP contribution in [0.5, 0.6) is 0 Å². The van der Waals surface area contributed by atoms with Gasteiger partial charge in [-0.2, -0.15) is 0 Å². The van der Waals surface area contributed by atoms with Gasteiger partial charge >= 0.3 is 0 Å².